The lowest BCUT2D eigenvalue weighted by molar-refractivity contribution is 0.584. The van der Waals surface area contributed by atoms with E-state index < -0.39 is 0 Å². The summed E-state index contributed by atoms with van der Waals surface area (Å²) in [5.41, 5.74) is 10.3. The second kappa shape index (κ2) is 4.72. The molecular weight excluding hydrogens is 236 g/mol. The Morgan fingerprint density at radius 1 is 1.26 bits per heavy atom. The van der Waals surface area contributed by atoms with Crippen LogP contribution in [0.25, 0.3) is 11.3 Å². The third kappa shape index (κ3) is 2.65. The van der Waals surface area contributed by atoms with E-state index in [1.54, 1.807) is 0 Å². The lowest BCUT2D eigenvalue weighted by Gasteiger charge is -2.20. The first-order valence-electron chi connectivity index (χ1n) is 6.69. The van der Waals surface area contributed by atoms with Crippen LogP contribution < -0.4 is 5.73 Å². The van der Waals surface area contributed by atoms with Gasteiger partial charge in [-0.1, -0.05) is 39.8 Å². The highest BCUT2D eigenvalue weighted by atomic mass is 16.4. The van der Waals surface area contributed by atoms with Gasteiger partial charge in [-0.25, -0.2) is 0 Å². The maximum atomic E-state index is 5.69. The molecule has 19 heavy (non-hydrogen) atoms. The number of nitrogens with zero attached hydrogens (tertiary/aromatic N) is 1. The smallest absolute Gasteiger partial charge is 0.292 e. The van der Waals surface area contributed by atoms with Crippen LogP contribution >= 0.6 is 0 Å². The minimum atomic E-state index is 0.112. The van der Waals surface area contributed by atoms with Crippen molar-refractivity contribution in [2.24, 2.45) is 0 Å². The zero-order valence-electron chi connectivity index (χ0n) is 12.4. The van der Waals surface area contributed by atoms with Crippen molar-refractivity contribution in [3.8, 4) is 11.3 Å². The summed E-state index contributed by atoms with van der Waals surface area (Å²) in [4.78, 5) is 4.25. The van der Waals surface area contributed by atoms with E-state index in [0.29, 0.717) is 0 Å². The minimum absolute atomic E-state index is 0.112. The van der Waals surface area contributed by atoms with Crippen molar-refractivity contribution in [3.63, 3.8) is 0 Å². The summed E-state index contributed by atoms with van der Waals surface area (Å²) >= 11 is 0. The van der Waals surface area contributed by atoms with Gasteiger partial charge in [-0.15, -0.1) is 0 Å². The van der Waals surface area contributed by atoms with Crippen molar-refractivity contribution < 1.29 is 4.42 Å². The summed E-state index contributed by atoms with van der Waals surface area (Å²) in [7, 11) is 0. The number of hydrogen-bond donors (Lipinski definition) is 1. The van der Waals surface area contributed by atoms with Crippen molar-refractivity contribution in [3.05, 3.63) is 35.0 Å². The second-order valence-corrected chi connectivity index (χ2v) is 5.96. The SMILES string of the molecule is CCc1nc(N)oc1-c1cc(C(C)(C)C)ccc1C. The number of benzene rings is 1. The highest BCUT2D eigenvalue weighted by molar-refractivity contribution is 5.66. The normalized spacial score (nSPS) is 11.8. The number of aryl methyl sites for hydroxylation is 2. The molecule has 0 unspecified atom stereocenters. The fourth-order valence-corrected chi connectivity index (χ4v) is 2.15. The molecule has 102 valence electrons. The summed E-state index contributed by atoms with van der Waals surface area (Å²) in [6.07, 6.45) is 0.815. The van der Waals surface area contributed by atoms with Gasteiger partial charge in [0, 0.05) is 5.56 Å². The molecule has 1 aromatic carbocycles. The molecule has 0 aliphatic heterocycles. The zero-order chi connectivity index (χ0) is 14.2. The number of rotatable bonds is 2. The van der Waals surface area contributed by atoms with Gasteiger partial charge in [-0.2, -0.15) is 4.98 Å². The Morgan fingerprint density at radius 2 is 1.95 bits per heavy atom. The molecule has 0 radical (unpaired) electrons. The van der Waals surface area contributed by atoms with Crippen LogP contribution in [0.2, 0.25) is 0 Å². The van der Waals surface area contributed by atoms with E-state index in [0.717, 1.165) is 23.4 Å². The van der Waals surface area contributed by atoms with E-state index in [2.05, 4.69) is 57.8 Å². The van der Waals surface area contributed by atoms with Crippen molar-refractivity contribution in [1.82, 2.24) is 4.98 Å². The summed E-state index contributed by atoms with van der Waals surface area (Å²) in [6.45, 7) is 10.8. The van der Waals surface area contributed by atoms with Gasteiger partial charge in [-0.3, -0.25) is 0 Å². The zero-order valence-corrected chi connectivity index (χ0v) is 12.4. The molecule has 0 bridgehead atoms. The average molecular weight is 258 g/mol. The Bertz CT molecular complexity index is 591. The van der Waals surface area contributed by atoms with E-state index in [4.69, 9.17) is 10.2 Å². The van der Waals surface area contributed by atoms with Gasteiger partial charge in [0.1, 0.15) is 0 Å². The Hall–Kier alpha value is -1.77. The molecule has 0 fully saturated rings. The highest BCUT2D eigenvalue weighted by Gasteiger charge is 2.19. The van der Waals surface area contributed by atoms with Crippen LogP contribution in [0.5, 0.6) is 0 Å². The Morgan fingerprint density at radius 3 is 2.53 bits per heavy atom. The van der Waals surface area contributed by atoms with Crippen LogP contribution in [0.3, 0.4) is 0 Å². The molecule has 3 heteroatoms. The molecule has 0 saturated heterocycles. The fourth-order valence-electron chi connectivity index (χ4n) is 2.15. The number of nitrogen functional groups attached to an aromatic ring is 1. The molecule has 2 N–H and O–H groups in total. The minimum Gasteiger partial charge on any atom is -0.423 e. The maximum absolute atomic E-state index is 5.69. The molecule has 1 heterocycles. The Labute approximate surface area is 114 Å². The molecule has 1 aromatic heterocycles. The molecule has 2 aromatic rings. The van der Waals surface area contributed by atoms with Crippen LogP contribution in [0.1, 0.15) is 44.5 Å². The first-order chi connectivity index (χ1) is 8.82. The van der Waals surface area contributed by atoms with Crippen LogP contribution in [0.15, 0.2) is 22.6 Å². The number of oxazole rings is 1. The molecule has 0 atom stereocenters. The third-order valence-electron chi connectivity index (χ3n) is 3.40. The molecule has 0 saturated carbocycles. The lowest BCUT2D eigenvalue weighted by atomic mass is 9.85. The molecule has 0 amide bonds. The Balaban J connectivity index is 2.61. The molecule has 0 aliphatic carbocycles. The summed E-state index contributed by atoms with van der Waals surface area (Å²) in [6, 6.07) is 6.74. The third-order valence-corrected chi connectivity index (χ3v) is 3.40. The van der Waals surface area contributed by atoms with Gasteiger partial charge in [0.25, 0.3) is 6.01 Å². The molecule has 3 nitrogen and oxygen atoms in total. The van der Waals surface area contributed by atoms with Crippen LogP contribution in [0.4, 0.5) is 6.01 Å². The van der Waals surface area contributed by atoms with Gasteiger partial charge >= 0.3 is 0 Å². The number of anilines is 1. The molecular formula is C16H22N2O. The Kier molecular flexibility index (Phi) is 3.40. The second-order valence-electron chi connectivity index (χ2n) is 5.96. The van der Waals surface area contributed by atoms with E-state index in [1.165, 1.54) is 11.1 Å². The summed E-state index contributed by atoms with van der Waals surface area (Å²) in [5, 5.41) is 0. The molecule has 2 rings (SSSR count). The van der Waals surface area contributed by atoms with Gasteiger partial charge < -0.3 is 10.2 Å². The highest BCUT2D eigenvalue weighted by Crippen LogP contribution is 2.33. The van der Waals surface area contributed by atoms with Crippen LogP contribution in [0, 0.1) is 6.92 Å². The van der Waals surface area contributed by atoms with Gasteiger partial charge in [0.15, 0.2) is 5.76 Å². The van der Waals surface area contributed by atoms with Gasteiger partial charge in [0.2, 0.25) is 0 Å². The van der Waals surface area contributed by atoms with Gasteiger partial charge in [-0.05, 0) is 36.0 Å². The number of hydrogen-bond acceptors (Lipinski definition) is 3. The average Bonchev–Trinajstić information content (AvgIpc) is 2.69. The summed E-state index contributed by atoms with van der Waals surface area (Å²) in [5.74, 6) is 0.809. The van der Waals surface area contributed by atoms with E-state index >= 15 is 0 Å². The predicted octanol–water partition coefficient (Wildman–Crippen LogP) is 4.09. The summed E-state index contributed by atoms with van der Waals surface area (Å²) < 4.78 is 5.61. The first kappa shape index (κ1) is 13.7. The molecule has 0 aliphatic rings. The van der Waals surface area contributed by atoms with Gasteiger partial charge in [0.05, 0.1) is 5.69 Å². The lowest BCUT2D eigenvalue weighted by Crippen LogP contribution is -2.11. The quantitative estimate of drug-likeness (QED) is 0.882. The monoisotopic (exact) mass is 258 g/mol. The van der Waals surface area contributed by atoms with Crippen molar-refractivity contribution >= 4 is 6.01 Å². The number of aromatic nitrogens is 1. The van der Waals surface area contributed by atoms with Crippen LogP contribution in [-0.4, -0.2) is 4.98 Å². The molecule has 0 spiro atoms. The van der Waals surface area contributed by atoms with Crippen molar-refractivity contribution in [2.75, 3.05) is 5.73 Å². The predicted molar refractivity (Wildman–Crippen MR) is 79.2 cm³/mol. The topological polar surface area (TPSA) is 52.0 Å². The maximum Gasteiger partial charge on any atom is 0.292 e. The van der Waals surface area contributed by atoms with E-state index in [-0.39, 0.29) is 11.4 Å². The van der Waals surface area contributed by atoms with Crippen LogP contribution in [-0.2, 0) is 11.8 Å². The van der Waals surface area contributed by atoms with Crippen molar-refractivity contribution in [2.45, 2.75) is 46.5 Å². The standard InChI is InChI=1S/C16H22N2O/c1-6-13-14(19-15(17)18-13)12-9-11(16(3,4)5)8-7-10(12)2/h7-9H,6H2,1-5H3,(H2,17,18). The first-order valence-corrected chi connectivity index (χ1v) is 6.69. The van der Waals surface area contributed by atoms with E-state index in [1.807, 2.05) is 0 Å². The largest absolute Gasteiger partial charge is 0.423 e. The fraction of sp³-hybridized carbons (Fsp3) is 0.438. The van der Waals surface area contributed by atoms with Crippen molar-refractivity contribution in [1.29, 1.82) is 0 Å². The number of nitrogens with two attached hydrogens (primary N) is 1. The van der Waals surface area contributed by atoms with E-state index in [9.17, 15) is 0 Å².